The van der Waals surface area contributed by atoms with Crippen LogP contribution in [0.3, 0.4) is 0 Å². The zero-order valence-corrected chi connectivity index (χ0v) is 17.5. The van der Waals surface area contributed by atoms with Crippen LogP contribution in [0.2, 0.25) is 0 Å². The van der Waals surface area contributed by atoms with Gasteiger partial charge < -0.3 is 14.4 Å². The Kier molecular flexibility index (Phi) is 6.22. The molecule has 3 rings (SSSR count). The summed E-state index contributed by atoms with van der Waals surface area (Å²) in [5, 5.41) is 0. The van der Waals surface area contributed by atoms with Crippen molar-refractivity contribution in [3.63, 3.8) is 0 Å². The number of hydrogen-bond donors (Lipinski definition) is 0. The maximum Gasteiger partial charge on any atom is 0.231 e. The van der Waals surface area contributed by atoms with Crippen molar-refractivity contribution in [1.29, 1.82) is 0 Å². The first-order valence-electron chi connectivity index (χ1n) is 8.98. The van der Waals surface area contributed by atoms with E-state index < -0.39 is 0 Å². The Morgan fingerprint density at radius 3 is 2.48 bits per heavy atom. The summed E-state index contributed by atoms with van der Waals surface area (Å²) < 4.78 is 11.5. The number of aryl methyl sites for hydroxylation is 1. The van der Waals surface area contributed by atoms with Gasteiger partial charge in [-0.2, -0.15) is 0 Å². The van der Waals surface area contributed by atoms with Crippen molar-refractivity contribution in [2.75, 3.05) is 14.2 Å². The summed E-state index contributed by atoms with van der Waals surface area (Å²) in [6.45, 7) is 2.07. The highest BCUT2D eigenvalue weighted by Crippen LogP contribution is 2.35. The molecule has 0 saturated carbocycles. The predicted octanol–water partition coefficient (Wildman–Crippen LogP) is 5.19. The first-order valence-corrected chi connectivity index (χ1v) is 9.77. The van der Waals surface area contributed by atoms with Crippen LogP contribution in [-0.4, -0.2) is 25.0 Å². The molecule has 1 atom stereocenters. The number of ether oxygens (including phenoxy) is 2. The van der Waals surface area contributed by atoms with Crippen LogP contribution in [0.25, 0.3) is 0 Å². The van der Waals surface area contributed by atoms with E-state index in [1.165, 1.54) is 11.1 Å². The number of carbonyl (C=O) groups is 1. The van der Waals surface area contributed by atoms with E-state index in [0.29, 0.717) is 11.5 Å². The Hall–Kier alpha value is -2.27. The lowest BCUT2D eigenvalue weighted by Crippen LogP contribution is -2.33. The van der Waals surface area contributed by atoms with Gasteiger partial charge in [0.05, 0.1) is 26.7 Å². The fourth-order valence-corrected chi connectivity index (χ4v) is 3.81. The molecule has 1 unspecified atom stereocenters. The zero-order valence-electron chi connectivity index (χ0n) is 15.9. The number of halogens is 1. The molecule has 27 heavy (non-hydrogen) atoms. The van der Waals surface area contributed by atoms with Gasteiger partial charge in [0, 0.05) is 10.7 Å². The van der Waals surface area contributed by atoms with E-state index in [2.05, 4.69) is 53.2 Å². The van der Waals surface area contributed by atoms with Crippen molar-refractivity contribution in [3.05, 3.63) is 69.8 Å². The standard InChI is InChI=1S/C22H24BrNO3/c1-15-7-9-16(10-8-15)19-6-4-5-11-24(19)22(25)13-17-12-20(26-2)21(27-3)14-18(17)23/h5,7-12,14,19H,4,6,13H2,1-3H3. The molecule has 1 amide bonds. The van der Waals surface area contributed by atoms with E-state index in [0.717, 1.165) is 22.9 Å². The smallest absolute Gasteiger partial charge is 0.231 e. The van der Waals surface area contributed by atoms with Crippen LogP contribution >= 0.6 is 15.9 Å². The average molecular weight is 430 g/mol. The van der Waals surface area contributed by atoms with Gasteiger partial charge in [0.1, 0.15) is 0 Å². The van der Waals surface area contributed by atoms with E-state index in [4.69, 9.17) is 9.47 Å². The summed E-state index contributed by atoms with van der Waals surface area (Å²) in [4.78, 5) is 15.0. The molecular formula is C22H24BrNO3. The van der Waals surface area contributed by atoms with Gasteiger partial charge in [0.25, 0.3) is 0 Å². The van der Waals surface area contributed by atoms with Crippen molar-refractivity contribution in [2.24, 2.45) is 0 Å². The van der Waals surface area contributed by atoms with Crippen molar-refractivity contribution in [1.82, 2.24) is 4.90 Å². The molecule has 0 aliphatic carbocycles. The molecule has 1 heterocycles. The summed E-state index contributed by atoms with van der Waals surface area (Å²) in [5.41, 5.74) is 3.26. The second kappa shape index (κ2) is 8.61. The average Bonchev–Trinajstić information content (AvgIpc) is 2.69. The third-order valence-electron chi connectivity index (χ3n) is 4.85. The van der Waals surface area contributed by atoms with Crippen molar-refractivity contribution >= 4 is 21.8 Å². The van der Waals surface area contributed by atoms with Gasteiger partial charge in [-0.3, -0.25) is 4.79 Å². The lowest BCUT2D eigenvalue weighted by Gasteiger charge is -2.32. The van der Waals surface area contributed by atoms with Crippen LogP contribution < -0.4 is 9.47 Å². The molecule has 0 bridgehead atoms. The number of amides is 1. The van der Waals surface area contributed by atoms with Crippen LogP contribution in [0.1, 0.15) is 35.6 Å². The molecule has 0 radical (unpaired) electrons. The highest BCUT2D eigenvalue weighted by atomic mass is 79.9. The van der Waals surface area contributed by atoms with E-state index in [1.807, 2.05) is 23.2 Å². The maximum absolute atomic E-state index is 13.1. The molecule has 0 fully saturated rings. The summed E-state index contributed by atoms with van der Waals surface area (Å²) in [5.74, 6) is 1.31. The Balaban J connectivity index is 1.84. The molecular weight excluding hydrogens is 406 g/mol. The Morgan fingerprint density at radius 1 is 1.15 bits per heavy atom. The molecule has 0 saturated heterocycles. The van der Waals surface area contributed by atoms with Gasteiger partial charge in [0.2, 0.25) is 5.91 Å². The summed E-state index contributed by atoms with van der Waals surface area (Å²) in [7, 11) is 3.19. The van der Waals surface area contributed by atoms with Crippen molar-refractivity contribution in [3.8, 4) is 11.5 Å². The van der Waals surface area contributed by atoms with Gasteiger partial charge >= 0.3 is 0 Å². The molecule has 2 aromatic rings. The fraction of sp³-hybridized carbons (Fsp3) is 0.318. The van der Waals surface area contributed by atoms with Crippen LogP contribution in [0.5, 0.6) is 11.5 Å². The number of rotatable bonds is 5. The third-order valence-corrected chi connectivity index (χ3v) is 5.59. The highest BCUT2D eigenvalue weighted by Gasteiger charge is 2.26. The van der Waals surface area contributed by atoms with E-state index >= 15 is 0 Å². The predicted molar refractivity (Wildman–Crippen MR) is 110 cm³/mol. The van der Waals surface area contributed by atoms with Crippen molar-refractivity contribution in [2.45, 2.75) is 32.2 Å². The molecule has 0 spiro atoms. The molecule has 5 heteroatoms. The van der Waals surface area contributed by atoms with E-state index in [1.54, 1.807) is 14.2 Å². The number of allylic oxidation sites excluding steroid dienone is 1. The van der Waals surface area contributed by atoms with Gasteiger partial charge in [-0.15, -0.1) is 0 Å². The largest absolute Gasteiger partial charge is 0.493 e. The SMILES string of the molecule is COc1cc(Br)c(CC(=O)N2C=CCCC2c2ccc(C)cc2)cc1OC. The molecule has 0 aromatic heterocycles. The van der Waals surface area contributed by atoms with Crippen LogP contribution in [0, 0.1) is 6.92 Å². The zero-order chi connectivity index (χ0) is 19.4. The van der Waals surface area contributed by atoms with Crippen LogP contribution in [0.4, 0.5) is 0 Å². The normalized spacial score (nSPS) is 16.3. The number of methoxy groups -OCH3 is 2. The minimum Gasteiger partial charge on any atom is -0.493 e. The first-order chi connectivity index (χ1) is 13.0. The Bertz CT molecular complexity index is 845. The molecule has 1 aliphatic rings. The topological polar surface area (TPSA) is 38.8 Å². The van der Waals surface area contributed by atoms with Gasteiger partial charge in [-0.1, -0.05) is 51.8 Å². The highest BCUT2D eigenvalue weighted by molar-refractivity contribution is 9.10. The number of hydrogen-bond acceptors (Lipinski definition) is 3. The number of carbonyl (C=O) groups excluding carboxylic acids is 1. The number of nitrogens with zero attached hydrogens (tertiary/aromatic N) is 1. The van der Waals surface area contributed by atoms with E-state index in [-0.39, 0.29) is 18.4 Å². The first kappa shape index (κ1) is 19.5. The molecule has 4 nitrogen and oxygen atoms in total. The van der Waals surface area contributed by atoms with Crippen molar-refractivity contribution < 1.29 is 14.3 Å². The second-order valence-electron chi connectivity index (χ2n) is 6.66. The molecule has 142 valence electrons. The summed E-state index contributed by atoms with van der Waals surface area (Å²) in [6, 6.07) is 12.2. The summed E-state index contributed by atoms with van der Waals surface area (Å²) in [6.07, 6.45) is 6.17. The fourth-order valence-electron chi connectivity index (χ4n) is 3.34. The molecule has 0 N–H and O–H groups in total. The van der Waals surface area contributed by atoms with Crippen LogP contribution in [0.15, 0.2) is 53.1 Å². The minimum atomic E-state index is 0.0597. The lowest BCUT2D eigenvalue weighted by atomic mass is 9.96. The quantitative estimate of drug-likeness (QED) is 0.655. The van der Waals surface area contributed by atoms with Gasteiger partial charge in [-0.05, 0) is 43.0 Å². The Morgan fingerprint density at radius 2 is 1.81 bits per heavy atom. The minimum absolute atomic E-state index is 0.0597. The lowest BCUT2D eigenvalue weighted by molar-refractivity contribution is -0.130. The third kappa shape index (κ3) is 4.35. The van der Waals surface area contributed by atoms with Gasteiger partial charge in [0.15, 0.2) is 11.5 Å². The summed E-state index contributed by atoms with van der Waals surface area (Å²) >= 11 is 3.55. The number of benzene rings is 2. The molecule has 1 aliphatic heterocycles. The van der Waals surface area contributed by atoms with Crippen LogP contribution in [-0.2, 0) is 11.2 Å². The monoisotopic (exact) mass is 429 g/mol. The molecule has 2 aromatic carbocycles. The van der Waals surface area contributed by atoms with E-state index in [9.17, 15) is 4.79 Å². The maximum atomic E-state index is 13.1. The van der Waals surface area contributed by atoms with Gasteiger partial charge in [-0.25, -0.2) is 0 Å². The Labute approximate surface area is 168 Å². The second-order valence-corrected chi connectivity index (χ2v) is 7.52.